The lowest BCUT2D eigenvalue weighted by Gasteiger charge is -2.35. The number of ether oxygens (including phenoxy) is 1. The molecule has 0 aliphatic heterocycles. The SMILES string of the molecule is CCNCC1(c2ccccc2OC)CCCCCC1. The van der Waals surface area contributed by atoms with Gasteiger partial charge in [0.1, 0.15) is 5.75 Å². The summed E-state index contributed by atoms with van der Waals surface area (Å²) in [7, 11) is 1.79. The molecule has 0 unspecified atom stereocenters. The van der Waals surface area contributed by atoms with Crippen molar-refractivity contribution in [1.82, 2.24) is 5.32 Å². The molecule has 1 aliphatic carbocycles. The lowest BCUT2D eigenvalue weighted by atomic mass is 9.73. The largest absolute Gasteiger partial charge is 0.496 e. The van der Waals surface area contributed by atoms with Crippen molar-refractivity contribution in [2.75, 3.05) is 20.2 Å². The van der Waals surface area contributed by atoms with Gasteiger partial charge in [-0.2, -0.15) is 0 Å². The quantitative estimate of drug-likeness (QED) is 0.812. The molecule has 2 heteroatoms. The van der Waals surface area contributed by atoms with Gasteiger partial charge in [-0.05, 0) is 25.5 Å². The van der Waals surface area contributed by atoms with Crippen LogP contribution in [0.25, 0.3) is 0 Å². The number of hydrogen-bond donors (Lipinski definition) is 1. The average molecular weight is 261 g/mol. The van der Waals surface area contributed by atoms with Gasteiger partial charge in [0, 0.05) is 17.5 Å². The van der Waals surface area contributed by atoms with Gasteiger partial charge < -0.3 is 10.1 Å². The maximum atomic E-state index is 5.62. The summed E-state index contributed by atoms with van der Waals surface area (Å²) in [5.74, 6) is 1.06. The number of para-hydroxylation sites is 1. The lowest BCUT2D eigenvalue weighted by Crippen LogP contribution is -2.38. The van der Waals surface area contributed by atoms with E-state index in [-0.39, 0.29) is 5.41 Å². The molecule has 1 aromatic carbocycles. The first kappa shape index (κ1) is 14.4. The van der Waals surface area contributed by atoms with Crippen LogP contribution in [0.1, 0.15) is 51.0 Å². The van der Waals surface area contributed by atoms with Gasteiger partial charge in [0.2, 0.25) is 0 Å². The highest BCUT2D eigenvalue weighted by atomic mass is 16.5. The fourth-order valence-electron chi connectivity index (χ4n) is 3.39. The van der Waals surface area contributed by atoms with Gasteiger partial charge in [0.15, 0.2) is 0 Å². The molecular formula is C17H27NO. The van der Waals surface area contributed by atoms with Crippen molar-refractivity contribution in [2.45, 2.75) is 50.9 Å². The maximum Gasteiger partial charge on any atom is 0.122 e. The van der Waals surface area contributed by atoms with Crippen LogP contribution in [0.2, 0.25) is 0 Å². The number of methoxy groups -OCH3 is 1. The highest BCUT2D eigenvalue weighted by Gasteiger charge is 2.34. The molecule has 0 amide bonds. The molecule has 106 valence electrons. The van der Waals surface area contributed by atoms with E-state index >= 15 is 0 Å². The van der Waals surface area contributed by atoms with Gasteiger partial charge in [-0.1, -0.05) is 50.8 Å². The molecule has 0 heterocycles. The first-order valence-electron chi connectivity index (χ1n) is 7.66. The van der Waals surface area contributed by atoms with E-state index in [1.807, 2.05) is 0 Å². The van der Waals surface area contributed by atoms with Crippen LogP contribution in [0.4, 0.5) is 0 Å². The van der Waals surface area contributed by atoms with Crippen LogP contribution in [-0.4, -0.2) is 20.2 Å². The Morgan fingerprint density at radius 2 is 1.79 bits per heavy atom. The first-order chi connectivity index (χ1) is 9.32. The molecular weight excluding hydrogens is 234 g/mol. The van der Waals surface area contributed by atoms with E-state index in [0.29, 0.717) is 0 Å². The Kier molecular flexibility index (Phi) is 5.26. The monoisotopic (exact) mass is 261 g/mol. The van der Waals surface area contributed by atoms with Crippen molar-refractivity contribution in [1.29, 1.82) is 0 Å². The van der Waals surface area contributed by atoms with E-state index in [0.717, 1.165) is 18.8 Å². The summed E-state index contributed by atoms with van der Waals surface area (Å²) < 4.78 is 5.62. The minimum absolute atomic E-state index is 0.263. The van der Waals surface area contributed by atoms with Crippen molar-refractivity contribution < 1.29 is 4.74 Å². The Balaban J connectivity index is 2.34. The van der Waals surface area contributed by atoms with Crippen molar-refractivity contribution in [3.8, 4) is 5.75 Å². The average Bonchev–Trinajstić information content (AvgIpc) is 2.71. The van der Waals surface area contributed by atoms with E-state index in [1.165, 1.54) is 44.1 Å². The van der Waals surface area contributed by atoms with Gasteiger partial charge in [-0.25, -0.2) is 0 Å². The van der Waals surface area contributed by atoms with Crippen molar-refractivity contribution in [2.24, 2.45) is 0 Å². The molecule has 1 N–H and O–H groups in total. The van der Waals surface area contributed by atoms with Crippen molar-refractivity contribution >= 4 is 0 Å². The maximum absolute atomic E-state index is 5.62. The summed E-state index contributed by atoms with van der Waals surface area (Å²) in [6.45, 7) is 4.30. The highest BCUT2D eigenvalue weighted by molar-refractivity contribution is 5.40. The highest BCUT2D eigenvalue weighted by Crippen LogP contribution is 2.41. The summed E-state index contributed by atoms with van der Waals surface area (Å²) in [6, 6.07) is 8.59. The van der Waals surface area contributed by atoms with Crippen LogP contribution in [-0.2, 0) is 5.41 Å². The van der Waals surface area contributed by atoms with E-state index in [9.17, 15) is 0 Å². The summed E-state index contributed by atoms with van der Waals surface area (Å²) in [5.41, 5.74) is 1.67. The molecule has 0 spiro atoms. The van der Waals surface area contributed by atoms with E-state index in [2.05, 4.69) is 36.5 Å². The number of benzene rings is 1. The minimum atomic E-state index is 0.263. The third-order valence-corrected chi connectivity index (χ3v) is 4.45. The molecule has 0 bridgehead atoms. The first-order valence-corrected chi connectivity index (χ1v) is 7.66. The summed E-state index contributed by atoms with van der Waals surface area (Å²) >= 11 is 0. The molecule has 0 saturated heterocycles. The van der Waals surface area contributed by atoms with E-state index < -0.39 is 0 Å². The Hall–Kier alpha value is -1.02. The zero-order valence-electron chi connectivity index (χ0n) is 12.4. The molecule has 2 nitrogen and oxygen atoms in total. The molecule has 1 fully saturated rings. The van der Waals surface area contributed by atoms with Crippen LogP contribution >= 0.6 is 0 Å². The van der Waals surface area contributed by atoms with Crippen LogP contribution in [0.3, 0.4) is 0 Å². The fourth-order valence-corrected chi connectivity index (χ4v) is 3.39. The standard InChI is InChI=1S/C17H27NO/c1-3-18-14-17(12-8-4-5-9-13-17)15-10-6-7-11-16(15)19-2/h6-7,10-11,18H,3-5,8-9,12-14H2,1-2H3. The van der Waals surface area contributed by atoms with Crippen molar-refractivity contribution in [3.05, 3.63) is 29.8 Å². The lowest BCUT2D eigenvalue weighted by molar-refractivity contribution is 0.327. The second-order valence-corrected chi connectivity index (χ2v) is 5.68. The fraction of sp³-hybridized carbons (Fsp3) is 0.647. The third kappa shape index (κ3) is 3.30. The van der Waals surface area contributed by atoms with Gasteiger partial charge in [0.25, 0.3) is 0 Å². The Bertz CT molecular complexity index is 381. The second kappa shape index (κ2) is 6.95. The smallest absolute Gasteiger partial charge is 0.122 e. The molecule has 0 aromatic heterocycles. The van der Waals surface area contributed by atoms with E-state index in [1.54, 1.807) is 7.11 Å². The van der Waals surface area contributed by atoms with Gasteiger partial charge >= 0.3 is 0 Å². The zero-order chi connectivity index (χ0) is 13.6. The molecule has 0 radical (unpaired) electrons. The van der Waals surface area contributed by atoms with Crippen LogP contribution < -0.4 is 10.1 Å². The zero-order valence-corrected chi connectivity index (χ0v) is 12.4. The molecule has 1 aromatic rings. The number of hydrogen-bond acceptors (Lipinski definition) is 2. The van der Waals surface area contributed by atoms with Gasteiger partial charge in [0.05, 0.1) is 7.11 Å². The van der Waals surface area contributed by atoms with Gasteiger partial charge in [-0.15, -0.1) is 0 Å². The topological polar surface area (TPSA) is 21.3 Å². The Morgan fingerprint density at radius 1 is 1.11 bits per heavy atom. The predicted molar refractivity (Wildman–Crippen MR) is 80.9 cm³/mol. The second-order valence-electron chi connectivity index (χ2n) is 5.68. The molecule has 2 rings (SSSR count). The molecule has 1 saturated carbocycles. The van der Waals surface area contributed by atoms with E-state index in [4.69, 9.17) is 4.74 Å². The predicted octanol–water partition coefficient (Wildman–Crippen LogP) is 3.90. The normalized spacial score (nSPS) is 18.8. The van der Waals surface area contributed by atoms with Gasteiger partial charge in [-0.3, -0.25) is 0 Å². The molecule has 0 atom stereocenters. The number of rotatable bonds is 5. The molecule has 1 aliphatic rings. The summed E-state index contributed by atoms with van der Waals surface area (Å²) in [4.78, 5) is 0. The number of nitrogens with one attached hydrogen (secondary N) is 1. The number of likely N-dealkylation sites (N-methyl/N-ethyl adjacent to an activating group) is 1. The van der Waals surface area contributed by atoms with Crippen LogP contribution in [0.5, 0.6) is 5.75 Å². The summed E-state index contributed by atoms with van der Waals surface area (Å²) in [6.07, 6.45) is 7.99. The molecule has 19 heavy (non-hydrogen) atoms. The Labute approximate surface area is 117 Å². The van der Waals surface area contributed by atoms with Crippen LogP contribution in [0, 0.1) is 0 Å². The minimum Gasteiger partial charge on any atom is -0.496 e. The van der Waals surface area contributed by atoms with Crippen LogP contribution in [0.15, 0.2) is 24.3 Å². The van der Waals surface area contributed by atoms with Crippen molar-refractivity contribution in [3.63, 3.8) is 0 Å². The summed E-state index contributed by atoms with van der Waals surface area (Å²) in [5, 5.41) is 3.58. The Morgan fingerprint density at radius 3 is 2.42 bits per heavy atom. The third-order valence-electron chi connectivity index (χ3n) is 4.45.